The van der Waals surface area contributed by atoms with Gasteiger partial charge in [0.1, 0.15) is 6.54 Å². The molecule has 22 heavy (non-hydrogen) atoms. The van der Waals surface area contributed by atoms with Gasteiger partial charge in [-0.2, -0.15) is 0 Å². The van der Waals surface area contributed by atoms with E-state index in [1.807, 2.05) is 11.0 Å². The van der Waals surface area contributed by atoms with Gasteiger partial charge in [0.05, 0.1) is 0 Å². The van der Waals surface area contributed by atoms with E-state index in [4.69, 9.17) is 0 Å². The molecule has 3 amide bonds. The first-order chi connectivity index (χ1) is 10.7. The van der Waals surface area contributed by atoms with Gasteiger partial charge in [-0.15, -0.1) is 0 Å². The Hall–Kier alpha value is -2.04. The van der Waals surface area contributed by atoms with E-state index in [0.717, 1.165) is 32.4 Å². The summed E-state index contributed by atoms with van der Waals surface area (Å²) in [6.45, 7) is 3.07. The van der Waals surface area contributed by atoms with Crippen LogP contribution in [0, 0.1) is 0 Å². The number of benzene rings is 1. The molecule has 0 aromatic heterocycles. The molecule has 0 bridgehead atoms. The summed E-state index contributed by atoms with van der Waals surface area (Å²) < 4.78 is 0. The molecule has 0 saturated carbocycles. The minimum atomic E-state index is -0.120. The lowest BCUT2D eigenvalue weighted by atomic mass is 9.92. The van der Waals surface area contributed by atoms with Crippen molar-refractivity contribution in [3.63, 3.8) is 0 Å². The molecule has 118 valence electrons. The van der Waals surface area contributed by atoms with Crippen LogP contribution in [0.15, 0.2) is 30.3 Å². The van der Waals surface area contributed by atoms with Gasteiger partial charge in [-0.3, -0.25) is 4.79 Å². The number of carbonyl (C=O) groups is 2. The van der Waals surface area contributed by atoms with Gasteiger partial charge in [-0.25, -0.2) is 4.79 Å². The van der Waals surface area contributed by atoms with Crippen LogP contribution in [0.5, 0.6) is 0 Å². The van der Waals surface area contributed by atoms with Crippen molar-refractivity contribution >= 4 is 11.9 Å². The van der Waals surface area contributed by atoms with Gasteiger partial charge in [0.25, 0.3) is 0 Å². The molecule has 1 aromatic rings. The van der Waals surface area contributed by atoms with Crippen molar-refractivity contribution < 1.29 is 9.59 Å². The zero-order valence-corrected chi connectivity index (χ0v) is 12.8. The number of rotatable bonds is 3. The molecule has 2 heterocycles. The number of nitrogens with zero attached hydrogens (tertiary/aromatic N) is 2. The standard InChI is InChI=1S/C17H23N3O2/c21-16(13-20-12-9-18-17(20)22)19-10-4-7-15(8-11-19)14-5-2-1-3-6-14/h1-3,5-6,15H,4,7-13H2,(H,18,22)/t15-/m0/s1. The molecule has 1 atom stereocenters. The lowest BCUT2D eigenvalue weighted by molar-refractivity contribution is -0.131. The Labute approximate surface area is 131 Å². The number of likely N-dealkylation sites (tertiary alicyclic amines) is 1. The summed E-state index contributed by atoms with van der Waals surface area (Å²) in [7, 11) is 0. The predicted octanol–water partition coefficient (Wildman–Crippen LogP) is 1.81. The average molecular weight is 301 g/mol. The maximum absolute atomic E-state index is 12.4. The summed E-state index contributed by atoms with van der Waals surface area (Å²) in [5.41, 5.74) is 1.37. The van der Waals surface area contributed by atoms with Crippen LogP contribution in [0.1, 0.15) is 30.7 Å². The molecular weight excluding hydrogens is 278 g/mol. The van der Waals surface area contributed by atoms with E-state index >= 15 is 0 Å². The topological polar surface area (TPSA) is 52.7 Å². The van der Waals surface area contributed by atoms with Crippen molar-refractivity contribution in [3.05, 3.63) is 35.9 Å². The summed E-state index contributed by atoms with van der Waals surface area (Å²) in [4.78, 5) is 27.5. The lowest BCUT2D eigenvalue weighted by Gasteiger charge is -2.23. The molecular formula is C17H23N3O2. The van der Waals surface area contributed by atoms with E-state index in [1.54, 1.807) is 4.90 Å². The van der Waals surface area contributed by atoms with Crippen LogP contribution in [-0.4, -0.2) is 54.5 Å². The number of hydrogen-bond acceptors (Lipinski definition) is 2. The van der Waals surface area contributed by atoms with Gasteiger partial charge < -0.3 is 15.1 Å². The van der Waals surface area contributed by atoms with Gasteiger partial charge in [-0.1, -0.05) is 30.3 Å². The monoisotopic (exact) mass is 301 g/mol. The largest absolute Gasteiger partial charge is 0.341 e. The van der Waals surface area contributed by atoms with Crippen molar-refractivity contribution in [2.45, 2.75) is 25.2 Å². The Kier molecular flexibility index (Phi) is 4.61. The zero-order chi connectivity index (χ0) is 15.4. The van der Waals surface area contributed by atoms with E-state index in [-0.39, 0.29) is 18.5 Å². The van der Waals surface area contributed by atoms with Gasteiger partial charge in [0.15, 0.2) is 0 Å². The normalized spacial score (nSPS) is 22.4. The Morgan fingerprint density at radius 2 is 1.95 bits per heavy atom. The Balaban J connectivity index is 1.56. The Bertz CT molecular complexity index is 532. The van der Waals surface area contributed by atoms with E-state index in [0.29, 0.717) is 19.0 Å². The first kappa shape index (κ1) is 14.9. The molecule has 1 aromatic carbocycles. The van der Waals surface area contributed by atoms with Crippen LogP contribution in [0.2, 0.25) is 0 Å². The molecule has 0 radical (unpaired) electrons. The van der Waals surface area contributed by atoms with Gasteiger partial charge in [0.2, 0.25) is 5.91 Å². The summed E-state index contributed by atoms with van der Waals surface area (Å²) in [6.07, 6.45) is 3.15. The molecule has 3 rings (SSSR count). The summed E-state index contributed by atoms with van der Waals surface area (Å²) in [6, 6.07) is 10.4. The molecule has 0 unspecified atom stereocenters. The Morgan fingerprint density at radius 3 is 2.68 bits per heavy atom. The maximum Gasteiger partial charge on any atom is 0.317 e. The third kappa shape index (κ3) is 3.40. The lowest BCUT2D eigenvalue weighted by Crippen LogP contribution is -2.42. The van der Waals surface area contributed by atoms with E-state index in [2.05, 4.69) is 29.6 Å². The number of urea groups is 1. The third-order valence-electron chi connectivity index (χ3n) is 4.62. The molecule has 1 N–H and O–H groups in total. The van der Waals surface area contributed by atoms with Crippen molar-refractivity contribution in [3.8, 4) is 0 Å². The molecule has 5 nitrogen and oxygen atoms in total. The summed E-state index contributed by atoms with van der Waals surface area (Å²) >= 11 is 0. The first-order valence-corrected chi connectivity index (χ1v) is 8.09. The molecule has 0 spiro atoms. The number of carbonyl (C=O) groups excluding carboxylic acids is 2. The first-order valence-electron chi connectivity index (χ1n) is 8.09. The highest BCUT2D eigenvalue weighted by atomic mass is 16.2. The second kappa shape index (κ2) is 6.81. The quantitative estimate of drug-likeness (QED) is 0.925. The zero-order valence-electron chi connectivity index (χ0n) is 12.8. The second-order valence-electron chi connectivity index (χ2n) is 6.07. The fraction of sp³-hybridized carbons (Fsp3) is 0.529. The van der Waals surface area contributed by atoms with Gasteiger partial charge in [0, 0.05) is 26.2 Å². The number of hydrogen-bond donors (Lipinski definition) is 1. The molecule has 2 aliphatic heterocycles. The van der Waals surface area contributed by atoms with Crippen molar-refractivity contribution in [1.29, 1.82) is 0 Å². The van der Waals surface area contributed by atoms with Gasteiger partial charge >= 0.3 is 6.03 Å². The third-order valence-corrected chi connectivity index (χ3v) is 4.62. The highest BCUT2D eigenvalue weighted by Crippen LogP contribution is 2.27. The van der Waals surface area contributed by atoms with Crippen LogP contribution in [0.4, 0.5) is 4.79 Å². The van der Waals surface area contributed by atoms with E-state index < -0.39 is 0 Å². The highest BCUT2D eigenvalue weighted by Gasteiger charge is 2.26. The molecule has 2 aliphatic rings. The van der Waals surface area contributed by atoms with Crippen molar-refractivity contribution in [2.24, 2.45) is 0 Å². The SMILES string of the molecule is O=C(CN1CCNC1=O)N1CCC[C@H](c2ccccc2)CC1. The highest BCUT2D eigenvalue weighted by molar-refractivity contribution is 5.85. The smallest absolute Gasteiger partial charge is 0.317 e. The van der Waals surface area contributed by atoms with Crippen LogP contribution >= 0.6 is 0 Å². The van der Waals surface area contributed by atoms with Crippen LogP contribution in [0.3, 0.4) is 0 Å². The van der Waals surface area contributed by atoms with E-state index in [1.165, 1.54) is 5.56 Å². The number of amides is 3. The Morgan fingerprint density at radius 1 is 1.14 bits per heavy atom. The van der Waals surface area contributed by atoms with Crippen molar-refractivity contribution in [1.82, 2.24) is 15.1 Å². The fourth-order valence-corrected chi connectivity index (χ4v) is 3.33. The van der Waals surface area contributed by atoms with E-state index in [9.17, 15) is 9.59 Å². The molecule has 0 aliphatic carbocycles. The molecule has 5 heteroatoms. The molecule has 2 fully saturated rings. The predicted molar refractivity (Wildman–Crippen MR) is 84.6 cm³/mol. The fourth-order valence-electron chi connectivity index (χ4n) is 3.33. The van der Waals surface area contributed by atoms with Crippen LogP contribution in [0.25, 0.3) is 0 Å². The van der Waals surface area contributed by atoms with Crippen molar-refractivity contribution in [2.75, 3.05) is 32.7 Å². The summed E-state index contributed by atoms with van der Waals surface area (Å²) in [5.74, 6) is 0.611. The number of nitrogens with one attached hydrogen (secondary N) is 1. The minimum absolute atomic E-state index is 0.0748. The van der Waals surface area contributed by atoms with Crippen LogP contribution < -0.4 is 5.32 Å². The molecule has 2 saturated heterocycles. The minimum Gasteiger partial charge on any atom is -0.341 e. The van der Waals surface area contributed by atoms with Crippen LogP contribution in [-0.2, 0) is 4.79 Å². The summed E-state index contributed by atoms with van der Waals surface area (Å²) in [5, 5.41) is 2.74. The van der Waals surface area contributed by atoms with Gasteiger partial charge in [-0.05, 0) is 30.7 Å². The maximum atomic E-state index is 12.4. The average Bonchev–Trinajstić information content (AvgIpc) is 2.80. The second-order valence-corrected chi connectivity index (χ2v) is 6.07.